The van der Waals surface area contributed by atoms with Crippen molar-refractivity contribution in [2.75, 3.05) is 12.9 Å². The van der Waals surface area contributed by atoms with Crippen molar-refractivity contribution in [3.63, 3.8) is 0 Å². The molecule has 0 amide bonds. The highest BCUT2D eigenvalue weighted by molar-refractivity contribution is 7.99. The van der Waals surface area contributed by atoms with Crippen LogP contribution in [0.2, 0.25) is 0 Å². The molecule has 0 heterocycles. The first-order valence-electron chi connectivity index (χ1n) is 6.82. The van der Waals surface area contributed by atoms with Crippen LogP contribution in [-0.4, -0.2) is 37.7 Å². The van der Waals surface area contributed by atoms with Crippen LogP contribution in [0.4, 0.5) is 0 Å². The summed E-state index contributed by atoms with van der Waals surface area (Å²) in [5.74, 6) is 0. The Morgan fingerprint density at radius 2 is 2.00 bits per heavy atom. The van der Waals surface area contributed by atoms with Crippen LogP contribution in [0.15, 0.2) is 29.2 Å². The summed E-state index contributed by atoms with van der Waals surface area (Å²) in [7, 11) is -3.44. The summed E-state index contributed by atoms with van der Waals surface area (Å²) in [6.45, 7) is 0.0713. The molecule has 1 aromatic carbocycles. The molecule has 0 saturated heterocycles. The lowest BCUT2D eigenvalue weighted by Crippen LogP contribution is -2.38. The van der Waals surface area contributed by atoms with E-state index in [1.165, 1.54) is 0 Å². The molecule has 1 aromatic rings. The smallest absolute Gasteiger partial charge is 0.240 e. The minimum Gasteiger partial charge on any atom is -0.396 e. The summed E-state index contributed by atoms with van der Waals surface area (Å²) in [5, 5.41) is 9.24. The molecule has 2 atom stereocenters. The molecule has 0 bridgehead atoms. The van der Waals surface area contributed by atoms with E-state index in [2.05, 4.69) is 4.72 Å². The van der Waals surface area contributed by atoms with Crippen molar-refractivity contribution < 1.29 is 13.5 Å². The molecule has 6 heteroatoms. The van der Waals surface area contributed by atoms with E-state index in [1.54, 1.807) is 36.0 Å². The average Bonchev–Trinajstić information content (AvgIpc) is 2.86. The number of nitrogens with one attached hydrogen (secondary N) is 1. The summed E-state index contributed by atoms with van der Waals surface area (Å²) in [6.07, 6.45) is 5.64. The topological polar surface area (TPSA) is 66.4 Å². The summed E-state index contributed by atoms with van der Waals surface area (Å²) in [6, 6.07) is 6.76. The summed E-state index contributed by atoms with van der Waals surface area (Å²) in [5.41, 5.74) is 0.939. The van der Waals surface area contributed by atoms with Gasteiger partial charge in [0.2, 0.25) is 10.0 Å². The van der Waals surface area contributed by atoms with Gasteiger partial charge in [0, 0.05) is 17.9 Å². The van der Waals surface area contributed by atoms with Gasteiger partial charge in [0.25, 0.3) is 0 Å². The molecule has 2 N–H and O–H groups in total. The maximum absolute atomic E-state index is 12.3. The van der Waals surface area contributed by atoms with Gasteiger partial charge in [-0.1, -0.05) is 18.6 Å². The van der Waals surface area contributed by atoms with Gasteiger partial charge in [0.05, 0.1) is 4.90 Å². The molecule has 0 aromatic heterocycles. The normalized spacial score (nSPS) is 23.1. The molecule has 20 heavy (non-hydrogen) atoms. The van der Waals surface area contributed by atoms with E-state index >= 15 is 0 Å². The fourth-order valence-corrected chi connectivity index (χ4v) is 4.91. The largest absolute Gasteiger partial charge is 0.396 e. The van der Waals surface area contributed by atoms with E-state index in [4.69, 9.17) is 5.11 Å². The lowest BCUT2D eigenvalue weighted by Gasteiger charge is -2.19. The number of hydrogen-bond acceptors (Lipinski definition) is 4. The fraction of sp³-hybridized carbons (Fsp3) is 0.571. The molecule has 0 spiro atoms. The Morgan fingerprint density at radius 1 is 1.30 bits per heavy atom. The van der Waals surface area contributed by atoms with Crippen LogP contribution in [0.5, 0.6) is 0 Å². The van der Waals surface area contributed by atoms with E-state index < -0.39 is 10.0 Å². The molecule has 0 radical (unpaired) electrons. The maximum Gasteiger partial charge on any atom is 0.240 e. The highest BCUT2D eigenvalue weighted by Gasteiger charge is 2.30. The molecule has 4 nitrogen and oxygen atoms in total. The van der Waals surface area contributed by atoms with E-state index in [-0.39, 0.29) is 12.6 Å². The zero-order valence-corrected chi connectivity index (χ0v) is 13.2. The van der Waals surface area contributed by atoms with Gasteiger partial charge in [-0.15, -0.1) is 0 Å². The monoisotopic (exact) mass is 315 g/mol. The molecular weight excluding hydrogens is 294 g/mol. The van der Waals surface area contributed by atoms with E-state index in [0.29, 0.717) is 16.6 Å². The fourth-order valence-electron chi connectivity index (χ4n) is 2.57. The summed E-state index contributed by atoms with van der Waals surface area (Å²) < 4.78 is 27.5. The number of rotatable bonds is 6. The van der Waals surface area contributed by atoms with E-state index in [1.807, 2.05) is 6.26 Å². The molecule has 112 valence electrons. The van der Waals surface area contributed by atoms with Crippen molar-refractivity contribution in [2.24, 2.45) is 0 Å². The Morgan fingerprint density at radius 3 is 2.60 bits per heavy atom. The number of thioether (sulfide) groups is 1. The number of aliphatic hydroxyl groups excluding tert-OH is 1. The molecule has 1 fully saturated rings. The molecule has 2 rings (SSSR count). The molecule has 2 unspecified atom stereocenters. The first-order chi connectivity index (χ1) is 9.56. The van der Waals surface area contributed by atoms with E-state index in [0.717, 1.165) is 24.8 Å². The van der Waals surface area contributed by atoms with Gasteiger partial charge >= 0.3 is 0 Å². The Balaban J connectivity index is 2.09. The molecule has 1 aliphatic rings. The van der Waals surface area contributed by atoms with Crippen LogP contribution >= 0.6 is 11.8 Å². The SMILES string of the molecule is CSC1CCCC1NS(=O)(=O)c1ccc(CCO)cc1. The number of aliphatic hydroxyl groups is 1. The average molecular weight is 315 g/mol. The second-order valence-electron chi connectivity index (χ2n) is 5.05. The van der Waals surface area contributed by atoms with Gasteiger partial charge < -0.3 is 5.11 Å². The van der Waals surface area contributed by atoms with Gasteiger partial charge in [-0.3, -0.25) is 0 Å². The lowest BCUT2D eigenvalue weighted by atomic mass is 10.2. The lowest BCUT2D eigenvalue weighted by molar-refractivity contribution is 0.299. The van der Waals surface area contributed by atoms with Crippen LogP contribution < -0.4 is 4.72 Å². The quantitative estimate of drug-likeness (QED) is 0.840. The Bertz CT molecular complexity index is 528. The van der Waals surface area contributed by atoms with Crippen molar-refractivity contribution >= 4 is 21.8 Å². The number of sulfonamides is 1. The molecular formula is C14H21NO3S2. The Labute approximate surface area is 125 Å². The summed E-state index contributed by atoms with van der Waals surface area (Å²) in [4.78, 5) is 0.297. The highest BCUT2D eigenvalue weighted by atomic mass is 32.2. The van der Waals surface area contributed by atoms with Gasteiger partial charge in [0.15, 0.2) is 0 Å². The predicted molar refractivity (Wildman–Crippen MR) is 82.5 cm³/mol. The number of benzene rings is 1. The third-order valence-electron chi connectivity index (χ3n) is 3.70. The van der Waals surface area contributed by atoms with Gasteiger partial charge in [-0.2, -0.15) is 11.8 Å². The van der Waals surface area contributed by atoms with Crippen LogP contribution in [-0.2, 0) is 16.4 Å². The molecule has 0 aliphatic heterocycles. The highest BCUT2D eigenvalue weighted by Crippen LogP contribution is 2.29. The maximum atomic E-state index is 12.3. The van der Waals surface area contributed by atoms with Crippen molar-refractivity contribution in [3.05, 3.63) is 29.8 Å². The van der Waals surface area contributed by atoms with Crippen molar-refractivity contribution in [1.82, 2.24) is 4.72 Å². The molecule has 1 saturated carbocycles. The van der Waals surface area contributed by atoms with Gasteiger partial charge in [-0.25, -0.2) is 13.1 Å². The standard InChI is InChI=1S/C14H21NO3S2/c1-19-14-4-2-3-13(14)15-20(17,18)12-7-5-11(6-8-12)9-10-16/h5-8,13-16H,2-4,9-10H2,1H3. The minimum atomic E-state index is -3.44. The Hall–Kier alpha value is -0.560. The molecule has 1 aliphatic carbocycles. The minimum absolute atomic E-state index is 0.0344. The zero-order chi connectivity index (χ0) is 14.6. The van der Waals surface area contributed by atoms with Crippen LogP contribution in [0.3, 0.4) is 0 Å². The van der Waals surface area contributed by atoms with Crippen molar-refractivity contribution in [2.45, 2.75) is 41.9 Å². The van der Waals surface area contributed by atoms with Crippen LogP contribution in [0.1, 0.15) is 24.8 Å². The Kier molecular flexibility index (Phi) is 5.49. The van der Waals surface area contributed by atoms with Crippen LogP contribution in [0.25, 0.3) is 0 Å². The second kappa shape index (κ2) is 6.93. The van der Waals surface area contributed by atoms with E-state index in [9.17, 15) is 8.42 Å². The van der Waals surface area contributed by atoms with Gasteiger partial charge in [-0.05, 0) is 43.2 Å². The first-order valence-corrected chi connectivity index (χ1v) is 9.59. The van der Waals surface area contributed by atoms with Crippen LogP contribution in [0, 0.1) is 0 Å². The third kappa shape index (κ3) is 3.75. The van der Waals surface area contributed by atoms with Crippen molar-refractivity contribution in [1.29, 1.82) is 0 Å². The summed E-state index contributed by atoms with van der Waals surface area (Å²) >= 11 is 1.73. The first kappa shape index (κ1) is 15.8. The zero-order valence-electron chi connectivity index (χ0n) is 11.6. The van der Waals surface area contributed by atoms with Gasteiger partial charge in [0.1, 0.15) is 0 Å². The predicted octanol–water partition coefficient (Wildman–Crippen LogP) is 1.78. The number of hydrogen-bond donors (Lipinski definition) is 2. The van der Waals surface area contributed by atoms with Crippen molar-refractivity contribution in [3.8, 4) is 0 Å². The third-order valence-corrected chi connectivity index (χ3v) is 6.37. The second-order valence-corrected chi connectivity index (χ2v) is 7.84.